The topological polar surface area (TPSA) is 42.2 Å². The second-order valence-corrected chi connectivity index (χ2v) is 5.75. The van der Waals surface area contributed by atoms with Crippen LogP contribution in [-0.2, 0) is 6.54 Å². The molecule has 0 spiro atoms. The van der Waals surface area contributed by atoms with Crippen LogP contribution in [0.15, 0.2) is 24.5 Å². The van der Waals surface area contributed by atoms with Crippen LogP contribution in [-0.4, -0.2) is 29.0 Å². The predicted octanol–water partition coefficient (Wildman–Crippen LogP) is 2.03. The third-order valence-electron chi connectivity index (χ3n) is 4.71. The van der Waals surface area contributed by atoms with Gasteiger partial charge in [0, 0.05) is 31.0 Å². The fourth-order valence-corrected chi connectivity index (χ4v) is 2.53. The Hall–Kier alpha value is -0.930. The van der Waals surface area contributed by atoms with Gasteiger partial charge in [0.25, 0.3) is 0 Å². The van der Waals surface area contributed by atoms with E-state index in [1.165, 1.54) is 18.4 Å². The Morgan fingerprint density at radius 3 is 2.47 bits per heavy atom. The van der Waals surface area contributed by atoms with E-state index in [0.717, 1.165) is 6.54 Å². The zero-order chi connectivity index (χ0) is 12.5. The molecule has 0 radical (unpaired) electrons. The van der Waals surface area contributed by atoms with Gasteiger partial charge in [-0.2, -0.15) is 0 Å². The third kappa shape index (κ3) is 2.22. The van der Waals surface area contributed by atoms with E-state index in [2.05, 4.69) is 42.9 Å². The van der Waals surface area contributed by atoms with Crippen LogP contribution in [0, 0.1) is 5.41 Å². The maximum Gasteiger partial charge on any atom is 0.0357 e. The summed E-state index contributed by atoms with van der Waals surface area (Å²) in [5, 5.41) is 0. The van der Waals surface area contributed by atoms with Crippen molar-refractivity contribution >= 4 is 0 Å². The summed E-state index contributed by atoms with van der Waals surface area (Å²) in [6.07, 6.45) is 6.28. The van der Waals surface area contributed by atoms with Crippen LogP contribution in [0.1, 0.15) is 32.3 Å². The predicted molar refractivity (Wildman–Crippen MR) is 70.5 cm³/mol. The zero-order valence-corrected chi connectivity index (χ0v) is 11.1. The molecule has 1 unspecified atom stereocenters. The average Bonchev–Trinajstić information content (AvgIpc) is 3.09. The summed E-state index contributed by atoms with van der Waals surface area (Å²) < 4.78 is 0. The molecule has 1 fully saturated rings. The Morgan fingerprint density at radius 2 is 2.00 bits per heavy atom. The highest BCUT2D eigenvalue weighted by Crippen LogP contribution is 2.55. The Labute approximate surface area is 104 Å². The lowest BCUT2D eigenvalue weighted by Gasteiger charge is -2.43. The molecule has 0 saturated heterocycles. The van der Waals surface area contributed by atoms with Crippen molar-refractivity contribution in [1.82, 2.24) is 9.88 Å². The Bertz CT molecular complexity index is 372. The molecule has 2 rings (SSSR count). The summed E-state index contributed by atoms with van der Waals surface area (Å²) >= 11 is 0. The molecule has 17 heavy (non-hydrogen) atoms. The van der Waals surface area contributed by atoms with E-state index < -0.39 is 0 Å². The van der Waals surface area contributed by atoms with Crippen molar-refractivity contribution in [2.75, 3.05) is 13.6 Å². The van der Waals surface area contributed by atoms with Gasteiger partial charge in [0.1, 0.15) is 0 Å². The molecular formula is C14H23N3. The summed E-state index contributed by atoms with van der Waals surface area (Å²) in [6.45, 7) is 6.29. The second-order valence-electron chi connectivity index (χ2n) is 5.75. The maximum absolute atomic E-state index is 6.03. The maximum atomic E-state index is 6.03. The molecule has 3 nitrogen and oxygen atoms in total. The van der Waals surface area contributed by atoms with Crippen LogP contribution in [0.4, 0.5) is 0 Å². The van der Waals surface area contributed by atoms with Gasteiger partial charge in [-0.25, -0.2) is 0 Å². The largest absolute Gasteiger partial charge is 0.329 e. The van der Waals surface area contributed by atoms with Gasteiger partial charge in [-0.05, 0) is 49.9 Å². The van der Waals surface area contributed by atoms with Gasteiger partial charge in [0.2, 0.25) is 0 Å². The van der Waals surface area contributed by atoms with Crippen molar-refractivity contribution in [2.24, 2.45) is 11.1 Å². The molecule has 0 amide bonds. The first-order valence-corrected chi connectivity index (χ1v) is 6.32. The summed E-state index contributed by atoms with van der Waals surface area (Å²) in [6, 6.07) is 4.14. The van der Waals surface area contributed by atoms with Gasteiger partial charge >= 0.3 is 0 Å². The van der Waals surface area contributed by atoms with Gasteiger partial charge in [-0.15, -0.1) is 0 Å². The first-order chi connectivity index (χ1) is 8.02. The van der Waals surface area contributed by atoms with Crippen LogP contribution >= 0.6 is 0 Å². The molecule has 1 aliphatic carbocycles. The van der Waals surface area contributed by atoms with Crippen LogP contribution in [0.2, 0.25) is 0 Å². The normalized spacial score (nSPS) is 21.2. The Balaban J connectivity index is 2.11. The highest BCUT2D eigenvalue weighted by atomic mass is 15.2. The van der Waals surface area contributed by atoms with E-state index in [9.17, 15) is 0 Å². The number of hydrogen-bond acceptors (Lipinski definition) is 3. The highest BCUT2D eigenvalue weighted by Gasteiger charge is 2.54. The van der Waals surface area contributed by atoms with Gasteiger partial charge in [-0.3, -0.25) is 9.88 Å². The molecule has 1 saturated carbocycles. The van der Waals surface area contributed by atoms with Gasteiger partial charge in [0.15, 0.2) is 0 Å². The van der Waals surface area contributed by atoms with Crippen LogP contribution in [0.3, 0.4) is 0 Å². The minimum Gasteiger partial charge on any atom is -0.329 e. The van der Waals surface area contributed by atoms with Gasteiger partial charge < -0.3 is 5.73 Å². The lowest BCUT2D eigenvalue weighted by Crippen LogP contribution is -2.55. The summed E-state index contributed by atoms with van der Waals surface area (Å²) in [5.74, 6) is 0. The van der Waals surface area contributed by atoms with Crippen LogP contribution in [0.25, 0.3) is 0 Å². The summed E-state index contributed by atoms with van der Waals surface area (Å²) in [5.41, 5.74) is 7.82. The standard InChI is InChI=1S/C14H23N3/c1-13(6-7-13)14(2,11-15)17(3)10-12-4-8-16-9-5-12/h4-5,8-9H,6-7,10-11,15H2,1-3H3. The molecule has 2 N–H and O–H groups in total. The second kappa shape index (κ2) is 4.39. The number of rotatable bonds is 5. The van der Waals surface area contributed by atoms with Gasteiger partial charge in [-0.1, -0.05) is 6.92 Å². The molecule has 1 aromatic rings. The third-order valence-corrected chi connectivity index (χ3v) is 4.71. The van der Waals surface area contributed by atoms with Crippen LogP contribution < -0.4 is 5.73 Å². The number of nitrogens with two attached hydrogens (primary N) is 1. The molecule has 1 aromatic heterocycles. The first kappa shape index (κ1) is 12.5. The smallest absolute Gasteiger partial charge is 0.0357 e. The lowest BCUT2D eigenvalue weighted by atomic mass is 9.82. The summed E-state index contributed by atoms with van der Waals surface area (Å²) in [7, 11) is 2.18. The van der Waals surface area contributed by atoms with E-state index in [1.54, 1.807) is 0 Å². The minimum atomic E-state index is 0.0935. The minimum absolute atomic E-state index is 0.0935. The van der Waals surface area contributed by atoms with E-state index in [1.807, 2.05) is 12.4 Å². The number of aromatic nitrogens is 1. The molecule has 1 aliphatic rings. The quantitative estimate of drug-likeness (QED) is 0.846. The summed E-state index contributed by atoms with van der Waals surface area (Å²) in [4.78, 5) is 6.45. The van der Waals surface area contributed by atoms with Crippen molar-refractivity contribution < 1.29 is 0 Å². The Morgan fingerprint density at radius 1 is 1.41 bits per heavy atom. The van der Waals surface area contributed by atoms with Gasteiger partial charge in [0.05, 0.1) is 0 Å². The molecule has 0 bridgehead atoms. The fraction of sp³-hybridized carbons (Fsp3) is 0.643. The van der Waals surface area contributed by atoms with E-state index >= 15 is 0 Å². The highest BCUT2D eigenvalue weighted by molar-refractivity contribution is 5.13. The van der Waals surface area contributed by atoms with Crippen molar-refractivity contribution in [1.29, 1.82) is 0 Å². The SMILES string of the molecule is CN(Cc1ccncc1)C(C)(CN)C1(C)CC1. The lowest BCUT2D eigenvalue weighted by molar-refractivity contribution is 0.0659. The average molecular weight is 233 g/mol. The molecular weight excluding hydrogens is 210 g/mol. The molecule has 94 valence electrons. The van der Waals surface area contributed by atoms with Crippen LogP contribution in [0.5, 0.6) is 0 Å². The number of likely N-dealkylation sites (N-methyl/N-ethyl adjacent to an activating group) is 1. The van der Waals surface area contributed by atoms with E-state index in [0.29, 0.717) is 12.0 Å². The molecule has 1 heterocycles. The number of nitrogens with zero attached hydrogens (tertiary/aromatic N) is 2. The molecule has 3 heteroatoms. The van der Waals surface area contributed by atoms with E-state index in [4.69, 9.17) is 5.73 Å². The van der Waals surface area contributed by atoms with Crippen molar-refractivity contribution in [2.45, 2.75) is 38.8 Å². The molecule has 1 atom stereocenters. The molecule has 0 aliphatic heterocycles. The van der Waals surface area contributed by atoms with Crippen molar-refractivity contribution in [3.63, 3.8) is 0 Å². The zero-order valence-electron chi connectivity index (χ0n) is 11.1. The number of hydrogen-bond donors (Lipinski definition) is 1. The number of pyridine rings is 1. The fourth-order valence-electron chi connectivity index (χ4n) is 2.53. The van der Waals surface area contributed by atoms with Crippen molar-refractivity contribution in [3.8, 4) is 0 Å². The van der Waals surface area contributed by atoms with Crippen molar-refractivity contribution in [3.05, 3.63) is 30.1 Å². The first-order valence-electron chi connectivity index (χ1n) is 6.32. The monoisotopic (exact) mass is 233 g/mol. The Kier molecular flexibility index (Phi) is 3.23. The van der Waals surface area contributed by atoms with E-state index in [-0.39, 0.29) is 5.54 Å². The molecule has 0 aromatic carbocycles.